The Morgan fingerprint density at radius 3 is 1.46 bits per heavy atom. The lowest BCUT2D eigenvalue weighted by Gasteiger charge is -2.21. The summed E-state index contributed by atoms with van der Waals surface area (Å²) in [5.41, 5.74) is 0.634. The lowest BCUT2D eigenvalue weighted by molar-refractivity contribution is 0.0603. The van der Waals surface area contributed by atoms with Crippen molar-refractivity contribution in [2.75, 3.05) is 7.11 Å². The molecule has 2 heteroatoms. The van der Waals surface area contributed by atoms with Gasteiger partial charge < -0.3 is 4.74 Å². The number of carbonyl (C=O) groups is 1. The minimum absolute atomic E-state index is 0.286. The van der Waals surface area contributed by atoms with Crippen LogP contribution >= 0.6 is 0 Å². The number of rotatable bonds is 1. The van der Waals surface area contributed by atoms with Crippen LogP contribution in [-0.4, -0.2) is 13.1 Å². The monoisotopic (exact) mass is 358 g/mol. The average Bonchev–Trinajstić information content (AvgIpc) is 2.76. The fraction of sp³-hybridized carbons (Fsp3) is 0.0385. The Labute approximate surface area is 159 Å². The number of carbonyl (C=O) groups excluding carboxylic acids is 1. The fourth-order valence-corrected chi connectivity index (χ4v) is 5.27. The highest BCUT2D eigenvalue weighted by atomic mass is 16.5. The van der Waals surface area contributed by atoms with Crippen LogP contribution in [0.15, 0.2) is 66.7 Å². The molecule has 0 aliphatic heterocycles. The van der Waals surface area contributed by atoms with Crippen LogP contribution in [0.25, 0.3) is 64.6 Å². The summed E-state index contributed by atoms with van der Waals surface area (Å²) in [6.07, 6.45) is 0. The molecule has 0 aromatic heterocycles. The predicted octanol–water partition coefficient (Wildman–Crippen LogP) is 6.71. The van der Waals surface area contributed by atoms with Gasteiger partial charge in [0.2, 0.25) is 0 Å². The second-order valence-corrected chi connectivity index (χ2v) is 7.66. The van der Waals surface area contributed by atoms with Gasteiger partial charge in [0.25, 0.3) is 0 Å². The van der Waals surface area contributed by atoms with Crippen LogP contribution in [0.4, 0.5) is 0 Å². The molecule has 28 heavy (non-hydrogen) atoms. The van der Waals surface area contributed by atoms with Gasteiger partial charge in [0.1, 0.15) is 0 Å². The van der Waals surface area contributed by atoms with E-state index in [0.717, 1.165) is 10.8 Å². The van der Waals surface area contributed by atoms with Crippen molar-refractivity contribution in [1.82, 2.24) is 0 Å². The highest BCUT2D eigenvalue weighted by Crippen LogP contribution is 2.48. The van der Waals surface area contributed by atoms with E-state index in [1.165, 1.54) is 61.0 Å². The first kappa shape index (κ1) is 14.4. The standard InChI is InChI=1S/C26H14O2/c1-28-26(27)19-12-17-9-8-15-5-3-13-2-4-14-6-7-16-10-11-18(19)25-23(16)21(14)20(13)22(15)24(17)25/h2-12H,1H3. The molecular formula is C26H14O2. The average molecular weight is 358 g/mol. The van der Waals surface area contributed by atoms with Crippen LogP contribution in [0.5, 0.6) is 0 Å². The molecule has 0 aliphatic carbocycles. The number of benzene rings is 7. The van der Waals surface area contributed by atoms with Crippen LogP contribution < -0.4 is 0 Å². The van der Waals surface area contributed by atoms with Gasteiger partial charge in [-0.05, 0) is 70.7 Å². The van der Waals surface area contributed by atoms with Gasteiger partial charge in [-0.3, -0.25) is 0 Å². The third-order valence-corrected chi connectivity index (χ3v) is 6.41. The molecule has 2 nitrogen and oxygen atoms in total. The van der Waals surface area contributed by atoms with Gasteiger partial charge in [-0.1, -0.05) is 60.7 Å². The fourth-order valence-electron chi connectivity index (χ4n) is 5.27. The van der Waals surface area contributed by atoms with E-state index in [1.807, 2.05) is 6.07 Å². The minimum Gasteiger partial charge on any atom is -0.465 e. The van der Waals surface area contributed by atoms with Gasteiger partial charge in [0.05, 0.1) is 12.7 Å². The van der Waals surface area contributed by atoms with Gasteiger partial charge in [0.15, 0.2) is 0 Å². The minimum atomic E-state index is -0.286. The summed E-state index contributed by atoms with van der Waals surface area (Å²) >= 11 is 0. The normalized spacial score (nSPS) is 12.6. The Balaban J connectivity index is 1.97. The van der Waals surface area contributed by atoms with Crippen molar-refractivity contribution in [1.29, 1.82) is 0 Å². The van der Waals surface area contributed by atoms with Crippen molar-refractivity contribution >= 4 is 70.6 Å². The van der Waals surface area contributed by atoms with E-state index in [-0.39, 0.29) is 5.97 Å². The Bertz CT molecular complexity index is 1650. The Morgan fingerprint density at radius 2 is 0.964 bits per heavy atom. The van der Waals surface area contributed by atoms with Gasteiger partial charge in [0, 0.05) is 0 Å². The van der Waals surface area contributed by atoms with Gasteiger partial charge in [-0.15, -0.1) is 0 Å². The zero-order valence-corrected chi connectivity index (χ0v) is 15.2. The molecule has 0 bridgehead atoms. The number of esters is 1. The molecule has 0 fully saturated rings. The summed E-state index contributed by atoms with van der Waals surface area (Å²) in [5.74, 6) is -0.286. The second kappa shape index (κ2) is 4.60. The van der Waals surface area contributed by atoms with Gasteiger partial charge in [-0.25, -0.2) is 4.79 Å². The summed E-state index contributed by atoms with van der Waals surface area (Å²) in [6, 6.07) is 23.7. The molecule has 0 aliphatic rings. The quantitative estimate of drug-likeness (QED) is 0.185. The maximum Gasteiger partial charge on any atom is 0.338 e. The predicted molar refractivity (Wildman–Crippen MR) is 116 cm³/mol. The third kappa shape index (κ3) is 1.47. The van der Waals surface area contributed by atoms with E-state index >= 15 is 0 Å². The summed E-state index contributed by atoms with van der Waals surface area (Å²) < 4.78 is 5.11. The summed E-state index contributed by atoms with van der Waals surface area (Å²) in [6.45, 7) is 0. The molecule has 0 unspecified atom stereocenters. The van der Waals surface area contributed by atoms with Crippen molar-refractivity contribution in [3.8, 4) is 0 Å². The molecule has 0 radical (unpaired) electrons. The lowest BCUT2D eigenvalue weighted by Crippen LogP contribution is -2.03. The first-order valence-corrected chi connectivity index (χ1v) is 9.45. The summed E-state index contributed by atoms with van der Waals surface area (Å²) in [7, 11) is 1.45. The van der Waals surface area contributed by atoms with Crippen LogP contribution in [0.3, 0.4) is 0 Å². The maximum atomic E-state index is 12.6. The van der Waals surface area contributed by atoms with Crippen molar-refractivity contribution in [2.24, 2.45) is 0 Å². The Kier molecular flexibility index (Phi) is 2.37. The first-order valence-electron chi connectivity index (χ1n) is 9.45. The van der Waals surface area contributed by atoms with Crippen molar-refractivity contribution in [3.63, 3.8) is 0 Å². The van der Waals surface area contributed by atoms with Crippen LogP contribution in [0.2, 0.25) is 0 Å². The smallest absolute Gasteiger partial charge is 0.338 e. The highest BCUT2D eigenvalue weighted by molar-refractivity contribution is 6.45. The van der Waals surface area contributed by atoms with Crippen molar-refractivity contribution in [3.05, 3.63) is 72.3 Å². The second-order valence-electron chi connectivity index (χ2n) is 7.66. The largest absolute Gasteiger partial charge is 0.465 e. The highest BCUT2D eigenvalue weighted by Gasteiger charge is 2.22. The van der Waals surface area contributed by atoms with E-state index < -0.39 is 0 Å². The first-order chi connectivity index (χ1) is 13.8. The van der Waals surface area contributed by atoms with Crippen molar-refractivity contribution < 1.29 is 9.53 Å². The number of ether oxygens (including phenoxy) is 1. The van der Waals surface area contributed by atoms with E-state index in [0.29, 0.717) is 5.56 Å². The molecule has 7 rings (SSSR count). The number of methoxy groups -OCH3 is 1. The lowest BCUT2D eigenvalue weighted by atomic mass is 9.82. The molecule has 0 atom stereocenters. The molecule has 0 N–H and O–H groups in total. The van der Waals surface area contributed by atoms with Crippen molar-refractivity contribution in [2.45, 2.75) is 0 Å². The molecule has 0 amide bonds. The molecule has 7 aromatic carbocycles. The van der Waals surface area contributed by atoms with Gasteiger partial charge in [-0.2, -0.15) is 0 Å². The molecule has 7 aromatic rings. The summed E-state index contributed by atoms with van der Waals surface area (Å²) in [5, 5.41) is 14.6. The zero-order chi connectivity index (χ0) is 18.6. The Hall–Kier alpha value is -3.65. The van der Waals surface area contributed by atoms with E-state index in [2.05, 4.69) is 60.7 Å². The Morgan fingerprint density at radius 1 is 0.571 bits per heavy atom. The molecule has 0 spiro atoms. The molecule has 130 valence electrons. The number of hydrogen-bond acceptors (Lipinski definition) is 2. The van der Waals surface area contributed by atoms with E-state index in [4.69, 9.17) is 4.74 Å². The molecule has 0 saturated heterocycles. The van der Waals surface area contributed by atoms with Gasteiger partial charge >= 0.3 is 5.97 Å². The third-order valence-electron chi connectivity index (χ3n) is 6.41. The van der Waals surface area contributed by atoms with E-state index in [9.17, 15) is 4.79 Å². The SMILES string of the molecule is COC(=O)c1cc2ccc3ccc4ccc5ccc6ccc1c1c6c5c4c3c21. The van der Waals surface area contributed by atoms with Crippen LogP contribution in [0, 0.1) is 0 Å². The number of hydrogen-bond donors (Lipinski definition) is 0. The summed E-state index contributed by atoms with van der Waals surface area (Å²) in [4.78, 5) is 12.6. The van der Waals surface area contributed by atoms with Crippen LogP contribution in [-0.2, 0) is 4.74 Å². The molecule has 0 heterocycles. The topological polar surface area (TPSA) is 26.3 Å². The van der Waals surface area contributed by atoms with Crippen LogP contribution in [0.1, 0.15) is 10.4 Å². The molecule has 0 saturated carbocycles. The van der Waals surface area contributed by atoms with E-state index in [1.54, 1.807) is 0 Å². The maximum absolute atomic E-state index is 12.6. The molecular weight excluding hydrogens is 344 g/mol. The zero-order valence-electron chi connectivity index (χ0n) is 15.2.